The number of benzene rings is 2. The van der Waals surface area contributed by atoms with Gasteiger partial charge in [0.15, 0.2) is 0 Å². The molecule has 0 aromatic heterocycles. The maximum atomic E-state index is 12.3. The van der Waals surface area contributed by atoms with E-state index in [1.54, 1.807) is 12.1 Å². The highest BCUT2D eigenvalue weighted by Gasteiger charge is 2.24. The molecule has 0 aliphatic carbocycles. The molecule has 4 heteroatoms. The smallest absolute Gasteiger partial charge is 0.229 e. The molecule has 0 aliphatic heterocycles. The molecule has 0 fully saturated rings. The number of rotatable bonds is 3. The van der Waals surface area contributed by atoms with Crippen molar-refractivity contribution < 1.29 is 15.0 Å². The van der Waals surface area contributed by atoms with Gasteiger partial charge in [-0.2, -0.15) is 0 Å². The molecular weight excluding hydrogens is 350 g/mol. The molecule has 0 spiro atoms. The van der Waals surface area contributed by atoms with Crippen LogP contribution in [0.4, 0.5) is 5.69 Å². The maximum absolute atomic E-state index is 12.3. The zero-order valence-electron chi connectivity index (χ0n) is 18.3. The van der Waals surface area contributed by atoms with Crippen LogP contribution in [0, 0.1) is 19.3 Å². The van der Waals surface area contributed by atoms with Crippen LogP contribution in [-0.2, 0) is 10.2 Å². The molecule has 2 aromatic carbocycles. The highest BCUT2D eigenvalue weighted by atomic mass is 16.3. The fraction of sp³-hybridized carbons (Fsp3) is 0.458. The lowest BCUT2D eigenvalue weighted by Gasteiger charge is -2.24. The van der Waals surface area contributed by atoms with Crippen molar-refractivity contribution in [1.82, 2.24) is 0 Å². The summed E-state index contributed by atoms with van der Waals surface area (Å²) >= 11 is 0. The van der Waals surface area contributed by atoms with Crippen LogP contribution in [0.25, 0.3) is 0 Å². The van der Waals surface area contributed by atoms with Crippen LogP contribution < -0.4 is 5.32 Å². The third-order valence-corrected chi connectivity index (χ3v) is 4.95. The van der Waals surface area contributed by atoms with Crippen molar-refractivity contribution in [1.29, 1.82) is 0 Å². The molecule has 0 heterocycles. The number of aromatic hydroxyl groups is 1. The van der Waals surface area contributed by atoms with Crippen LogP contribution in [0.3, 0.4) is 0 Å². The Balaban J connectivity index is 2.42. The highest BCUT2D eigenvalue weighted by Crippen LogP contribution is 2.36. The Hall–Kier alpha value is -2.33. The van der Waals surface area contributed by atoms with Crippen molar-refractivity contribution in [3.8, 4) is 5.75 Å². The molecule has 0 saturated carbocycles. The summed E-state index contributed by atoms with van der Waals surface area (Å²) in [5.74, 6) is 0.185. The van der Waals surface area contributed by atoms with Gasteiger partial charge in [-0.05, 0) is 71.3 Å². The number of phenols is 1. The minimum atomic E-state index is -0.811. The number of hydrogen-bond acceptors (Lipinski definition) is 3. The van der Waals surface area contributed by atoms with Crippen molar-refractivity contribution in [2.24, 2.45) is 5.41 Å². The van der Waals surface area contributed by atoms with Crippen LogP contribution in [-0.4, -0.2) is 16.1 Å². The fourth-order valence-electron chi connectivity index (χ4n) is 3.29. The van der Waals surface area contributed by atoms with Gasteiger partial charge in [-0.25, -0.2) is 0 Å². The Kier molecular flexibility index (Phi) is 5.95. The quantitative estimate of drug-likeness (QED) is 0.667. The normalized spacial score (nSPS) is 13.3. The first-order chi connectivity index (χ1) is 12.7. The number of hydrogen-bond donors (Lipinski definition) is 3. The Morgan fingerprint density at radius 1 is 0.964 bits per heavy atom. The number of aryl methyl sites for hydroxylation is 2. The van der Waals surface area contributed by atoms with Gasteiger partial charge in [0.1, 0.15) is 11.9 Å². The number of carbonyl (C=O) groups excluding carboxylic acids is 1. The van der Waals surface area contributed by atoms with E-state index in [1.165, 1.54) is 0 Å². The van der Waals surface area contributed by atoms with Crippen LogP contribution in [0.1, 0.15) is 75.5 Å². The standard InChI is InChI=1S/C24H33NO3/c1-14-11-17(25-22(28)24(6,7)8)12-15(2)20(14)21(27)16-9-10-19(26)18(13-16)23(3,4)5/h9-13,21,26-27H,1-8H3,(H,25,28). The molecule has 152 valence electrons. The molecule has 28 heavy (non-hydrogen) atoms. The van der Waals surface area contributed by atoms with E-state index in [0.717, 1.165) is 33.5 Å². The monoisotopic (exact) mass is 383 g/mol. The number of carbonyl (C=O) groups is 1. The summed E-state index contributed by atoms with van der Waals surface area (Å²) in [4.78, 5) is 12.3. The molecule has 0 aliphatic rings. The lowest BCUT2D eigenvalue weighted by atomic mass is 9.83. The van der Waals surface area contributed by atoms with Gasteiger partial charge in [0.2, 0.25) is 5.91 Å². The average molecular weight is 384 g/mol. The highest BCUT2D eigenvalue weighted by molar-refractivity contribution is 5.94. The number of amides is 1. The molecule has 4 nitrogen and oxygen atoms in total. The van der Waals surface area contributed by atoms with Gasteiger partial charge < -0.3 is 15.5 Å². The summed E-state index contributed by atoms with van der Waals surface area (Å²) in [6.07, 6.45) is -0.811. The summed E-state index contributed by atoms with van der Waals surface area (Å²) in [6, 6.07) is 9.04. The van der Waals surface area contributed by atoms with Gasteiger partial charge in [-0.3, -0.25) is 4.79 Å². The summed E-state index contributed by atoms with van der Waals surface area (Å²) in [6.45, 7) is 15.6. The van der Waals surface area contributed by atoms with E-state index in [-0.39, 0.29) is 17.1 Å². The number of nitrogens with one attached hydrogen (secondary N) is 1. The van der Waals surface area contributed by atoms with E-state index in [4.69, 9.17) is 0 Å². The van der Waals surface area contributed by atoms with Crippen molar-refractivity contribution in [3.05, 3.63) is 58.1 Å². The van der Waals surface area contributed by atoms with Gasteiger partial charge >= 0.3 is 0 Å². The summed E-state index contributed by atoms with van der Waals surface area (Å²) in [5.41, 5.74) is 4.18. The van der Waals surface area contributed by atoms with Gasteiger partial charge in [0, 0.05) is 11.1 Å². The van der Waals surface area contributed by atoms with E-state index < -0.39 is 11.5 Å². The number of phenolic OH excluding ortho intramolecular Hbond substituents is 1. The second kappa shape index (κ2) is 7.59. The first-order valence-electron chi connectivity index (χ1n) is 9.66. The maximum Gasteiger partial charge on any atom is 0.229 e. The van der Waals surface area contributed by atoms with E-state index in [2.05, 4.69) is 5.32 Å². The van der Waals surface area contributed by atoms with Gasteiger partial charge in [0.25, 0.3) is 0 Å². The average Bonchev–Trinajstić information content (AvgIpc) is 2.52. The van der Waals surface area contributed by atoms with Crippen molar-refractivity contribution in [3.63, 3.8) is 0 Å². The number of anilines is 1. The molecule has 2 aromatic rings. The Morgan fingerprint density at radius 2 is 1.50 bits per heavy atom. The molecule has 0 bridgehead atoms. The SMILES string of the molecule is Cc1cc(NC(=O)C(C)(C)C)cc(C)c1C(O)c1ccc(O)c(C(C)(C)C)c1. The molecule has 1 amide bonds. The summed E-state index contributed by atoms with van der Waals surface area (Å²) in [5, 5.41) is 24.2. The first kappa shape index (κ1) is 22.0. The molecule has 1 unspecified atom stereocenters. The fourth-order valence-corrected chi connectivity index (χ4v) is 3.29. The van der Waals surface area contributed by atoms with E-state index in [0.29, 0.717) is 0 Å². The summed E-state index contributed by atoms with van der Waals surface area (Å²) < 4.78 is 0. The van der Waals surface area contributed by atoms with Crippen molar-refractivity contribution in [2.45, 2.75) is 66.9 Å². The predicted molar refractivity (Wildman–Crippen MR) is 115 cm³/mol. The van der Waals surface area contributed by atoms with Crippen LogP contribution in [0.5, 0.6) is 5.75 Å². The van der Waals surface area contributed by atoms with Gasteiger partial charge in [0.05, 0.1) is 0 Å². The molecule has 0 saturated heterocycles. The number of aliphatic hydroxyl groups excluding tert-OH is 1. The lowest BCUT2D eigenvalue weighted by molar-refractivity contribution is -0.123. The van der Waals surface area contributed by atoms with Gasteiger partial charge in [-0.1, -0.05) is 47.6 Å². The van der Waals surface area contributed by atoms with E-state index in [1.807, 2.05) is 73.6 Å². The lowest BCUT2D eigenvalue weighted by Crippen LogP contribution is -2.27. The molecule has 3 N–H and O–H groups in total. The topological polar surface area (TPSA) is 69.6 Å². The minimum absolute atomic E-state index is 0.0482. The second-order valence-corrected chi connectivity index (χ2v) is 9.66. The van der Waals surface area contributed by atoms with Crippen LogP contribution in [0.15, 0.2) is 30.3 Å². The molecular formula is C24H33NO3. The minimum Gasteiger partial charge on any atom is -0.508 e. The number of aliphatic hydroxyl groups is 1. The molecule has 0 radical (unpaired) electrons. The Labute approximate surface area is 168 Å². The Bertz CT molecular complexity index is 863. The third kappa shape index (κ3) is 4.74. The van der Waals surface area contributed by atoms with E-state index in [9.17, 15) is 15.0 Å². The second-order valence-electron chi connectivity index (χ2n) is 9.66. The van der Waals surface area contributed by atoms with Gasteiger partial charge in [-0.15, -0.1) is 0 Å². The van der Waals surface area contributed by atoms with Crippen LogP contribution in [0.2, 0.25) is 0 Å². The molecule has 2 rings (SSSR count). The summed E-state index contributed by atoms with van der Waals surface area (Å²) in [7, 11) is 0. The zero-order valence-corrected chi connectivity index (χ0v) is 18.3. The van der Waals surface area contributed by atoms with E-state index >= 15 is 0 Å². The van der Waals surface area contributed by atoms with Crippen LogP contribution >= 0.6 is 0 Å². The van der Waals surface area contributed by atoms with Crippen molar-refractivity contribution >= 4 is 11.6 Å². The third-order valence-electron chi connectivity index (χ3n) is 4.95. The Morgan fingerprint density at radius 3 is 1.96 bits per heavy atom. The first-order valence-corrected chi connectivity index (χ1v) is 9.66. The zero-order chi connectivity index (χ0) is 21.4. The largest absolute Gasteiger partial charge is 0.508 e. The predicted octanol–water partition coefficient (Wildman–Crippen LogP) is 5.37. The van der Waals surface area contributed by atoms with Crippen molar-refractivity contribution in [2.75, 3.05) is 5.32 Å². The molecule has 1 atom stereocenters.